The SMILES string of the molecule is Cn1ncc(Cl)c1S(=O)(=O)NCC(=O)C(C)(C)C. The number of rotatable bonds is 4. The Hall–Kier alpha value is -0.920. The molecule has 1 aromatic rings. The number of aromatic nitrogens is 2. The summed E-state index contributed by atoms with van der Waals surface area (Å²) in [6.45, 7) is 4.90. The molecular formula is C10H16ClN3O3S. The van der Waals surface area contributed by atoms with E-state index >= 15 is 0 Å². The minimum Gasteiger partial charge on any atom is -0.298 e. The normalized spacial score (nSPS) is 12.7. The summed E-state index contributed by atoms with van der Waals surface area (Å²) in [7, 11) is -2.37. The van der Waals surface area contributed by atoms with Gasteiger partial charge in [-0.2, -0.15) is 5.10 Å². The Labute approximate surface area is 111 Å². The third-order valence-electron chi connectivity index (χ3n) is 2.36. The molecule has 0 atom stereocenters. The number of nitrogens with zero attached hydrogens (tertiary/aromatic N) is 2. The molecule has 0 unspecified atom stereocenters. The number of carbonyl (C=O) groups is 1. The largest absolute Gasteiger partial charge is 0.298 e. The molecule has 0 saturated heterocycles. The van der Waals surface area contributed by atoms with Gasteiger partial charge in [-0.25, -0.2) is 13.1 Å². The molecule has 0 aliphatic heterocycles. The molecule has 0 aliphatic rings. The molecule has 102 valence electrons. The summed E-state index contributed by atoms with van der Waals surface area (Å²) in [5, 5.41) is 3.61. The molecule has 0 fully saturated rings. The smallest absolute Gasteiger partial charge is 0.259 e. The first-order valence-electron chi connectivity index (χ1n) is 5.26. The first kappa shape index (κ1) is 15.1. The van der Waals surface area contributed by atoms with Crippen molar-refractivity contribution in [2.45, 2.75) is 25.8 Å². The van der Waals surface area contributed by atoms with Gasteiger partial charge in [0.05, 0.1) is 17.8 Å². The Balaban J connectivity index is 2.89. The maximum Gasteiger partial charge on any atom is 0.259 e. The van der Waals surface area contributed by atoms with Crippen LogP contribution in [0.25, 0.3) is 0 Å². The molecule has 1 heterocycles. The summed E-state index contributed by atoms with van der Waals surface area (Å²) in [6.07, 6.45) is 1.24. The van der Waals surface area contributed by atoms with Crippen molar-refractivity contribution in [2.75, 3.05) is 6.54 Å². The van der Waals surface area contributed by atoms with Gasteiger partial charge in [-0.15, -0.1) is 0 Å². The monoisotopic (exact) mass is 293 g/mol. The molecule has 0 aliphatic carbocycles. The van der Waals surface area contributed by atoms with Crippen molar-refractivity contribution in [2.24, 2.45) is 12.5 Å². The van der Waals surface area contributed by atoms with Gasteiger partial charge in [0, 0.05) is 12.5 Å². The molecule has 0 amide bonds. The highest BCUT2D eigenvalue weighted by molar-refractivity contribution is 7.89. The predicted octanol–water partition coefficient (Wildman–Crippen LogP) is 0.967. The zero-order valence-corrected chi connectivity index (χ0v) is 12.3. The quantitative estimate of drug-likeness (QED) is 0.897. The first-order chi connectivity index (χ1) is 8.05. The Morgan fingerprint density at radius 1 is 1.50 bits per heavy atom. The lowest BCUT2D eigenvalue weighted by molar-refractivity contribution is -0.125. The van der Waals surface area contributed by atoms with E-state index in [1.165, 1.54) is 13.2 Å². The Morgan fingerprint density at radius 2 is 2.06 bits per heavy atom. The van der Waals surface area contributed by atoms with Crippen LogP contribution in [0.5, 0.6) is 0 Å². The minimum absolute atomic E-state index is 0.0215. The van der Waals surface area contributed by atoms with E-state index < -0.39 is 15.4 Å². The number of Topliss-reactive ketones (excluding diaryl/α,β-unsaturated/α-hetero) is 1. The molecule has 6 nitrogen and oxygen atoms in total. The lowest BCUT2D eigenvalue weighted by Gasteiger charge is -2.16. The van der Waals surface area contributed by atoms with Crippen molar-refractivity contribution in [1.82, 2.24) is 14.5 Å². The van der Waals surface area contributed by atoms with Crippen molar-refractivity contribution in [3.8, 4) is 0 Å². The summed E-state index contributed by atoms with van der Waals surface area (Å²) in [4.78, 5) is 11.7. The van der Waals surface area contributed by atoms with Crippen LogP contribution < -0.4 is 4.72 Å². The number of hydrogen-bond donors (Lipinski definition) is 1. The molecule has 8 heteroatoms. The van der Waals surface area contributed by atoms with E-state index in [1.807, 2.05) is 0 Å². The van der Waals surface area contributed by atoms with Gasteiger partial charge in [-0.1, -0.05) is 32.4 Å². The maximum atomic E-state index is 12.0. The Kier molecular flexibility index (Phi) is 4.19. The number of aryl methyl sites for hydroxylation is 1. The second-order valence-electron chi connectivity index (χ2n) is 4.92. The number of hydrogen-bond acceptors (Lipinski definition) is 4. The molecule has 0 aromatic carbocycles. The number of sulfonamides is 1. The van der Waals surface area contributed by atoms with Crippen molar-refractivity contribution >= 4 is 27.4 Å². The van der Waals surface area contributed by atoms with E-state index in [2.05, 4.69) is 9.82 Å². The number of carbonyl (C=O) groups excluding carboxylic acids is 1. The van der Waals surface area contributed by atoms with Gasteiger partial charge in [0.15, 0.2) is 10.8 Å². The average molecular weight is 294 g/mol. The van der Waals surface area contributed by atoms with Crippen LogP contribution in [-0.4, -0.2) is 30.5 Å². The molecule has 1 N–H and O–H groups in total. The summed E-state index contributed by atoms with van der Waals surface area (Å²) in [6, 6.07) is 0. The van der Waals surface area contributed by atoms with Crippen molar-refractivity contribution < 1.29 is 13.2 Å². The summed E-state index contributed by atoms with van der Waals surface area (Å²) >= 11 is 5.75. The van der Waals surface area contributed by atoms with Crippen molar-refractivity contribution in [3.63, 3.8) is 0 Å². The van der Waals surface area contributed by atoms with Gasteiger partial charge in [-0.05, 0) is 0 Å². The van der Waals surface area contributed by atoms with Crippen LogP contribution in [0, 0.1) is 5.41 Å². The zero-order chi connectivity index (χ0) is 14.1. The van der Waals surface area contributed by atoms with Gasteiger partial charge < -0.3 is 0 Å². The molecule has 1 aromatic heterocycles. The topological polar surface area (TPSA) is 81.1 Å². The third kappa shape index (κ3) is 3.30. The number of nitrogens with one attached hydrogen (secondary N) is 1. The molecule has 0 saturated carbocycles. The fraction of sp³-hybridized carbons (Fsp3) is 0.600. The fourth-order valence-electron chi connectivity index (χ4n) is 1.20. The van der Waals surface area contributed by atoms with Gasteiger partial charge in [0.2, 0.25) is 0 Å². The van der Waals surface area contributed by atoms with E-state index in [9.17, 15) is 13.2 Å². The molecule has 1 rings (SSSR count). The van der Waals surface area contributed by atoms with E-state index in [4.69, 9.17) is 11.6 Å². The average Bonchev–Trinajstić information content (AvgIpc) is 2.54. The second-order valence-corrected chi connectivity index (χ2v) is 7.01. The molecule has 18 heavy (non-hydrogen) atoms. The van der Waals surface area contributed by atoms with Crippen LogP contribution in [-0.2, 0) is 21.9 Å². The molecule has 0 spiro atoms. The lowest BCUT2D eigenvalue weighted by Crippen LogP contribution is -2.36. The Bertz CT molecular complexity index is 538. The summed E-state index contributed by atoms with van der Waals surface area (Å²) in [5.41, 5.74) is -0.598. The molecular weight excluding hydrogens is 278 g/mol. The van der Waals surface area contributed by atoms with Gasteiger partial charge >= 0.3 is 0 Å². The summed E-state index contributed by atoms with van der Waals surface area (Å²) in [5.74, 6) is -0.204. The van der Waals surface area contributed by atoms with Crippen LogP contribution >= 0.6 is 11.6 Å². The third-order valence-corrected chi connectivity index (χ3v) is 4.26. The minimum atomic E-state index is -3.84. The van der Waals surface area contributed by atoms with Gasteiger partial charge in [0.25, 0.3) is 10.0 Å². The zero-order valence-electron chi connectivity index (χ0n) is 10.7. The van der Waals surface area contributed by atoms with Crippen LogP contribution in [0.3, 0.4) is 0 Å². The highest BCUT2D eigenvalue weighted by Gasteiger charge is 2.26. The molecule has 0 bridgehead atoms. The van der Waals surface area contributed by atoms with E-state index in [0.29, 0.717) is 0 Å². The van der Waals surface area contributed by atoms with Crippen LogP contribution in [0.4, 0.5) is 0 Å². The number of halogens is 1. The highest BCUT2D eigenvalue weighted by Crippen LogP contribution is 2.20. The van der Waals surface area contributed by atoms with E-state index in [1.54, 1.807) is 20.8 Å². The standard InChI is InChI=1S/C10H16ClN3O3S/c1-10(2,3)8(15)6-13-18(16,17)9-7(11)5-12-14(9)4/h5,13H,6H2,1-4H3. The second kappa shape index (κ2) is 4.99. The van der Waals surface area contributed by atoms with Crippen LogP contribution in [0.2, 0.25) is 5.02 Å². The maximum absolute atomic E-state index is 12.0. The predicted molar refractivity (Wildman–Crippen MR) is 67.9 cm³/mol. The first-order valence-corrected chi connectivity index (χ1v) is 7.12. The van der Waals surface area contributed by atoms with E-state index in [-0.39, 0.29) is 22.4 Å². The van der Waals surface area contributed by atoms with Crippen molar-refractivity contribution in [3.05, 3.63) is 11.2 Å². The fourth-order valence-corrected chi connectivity index (χ4v) is 2.83. The van der Waals surface area contributed by atoms with Gasteiger partial charge in [-0.3, -0.25) is 9.48 Å². The van der Waals surface area contributed by atoms with E-state index in [0.717, 1.165) is 4.68 Å². The molecule has 0 radical (unpaired) electrons. The lowest BCUT2D eigenvalue weighted by atomic mass is 9.91. The van der Waals surface area contributed by atoms with Gasteiger partial charge in [0.1, 0.15) is 0 Å². The van der Waals surface area contributed by atoms with Crippen LogP contribution in [0.15, 0.2) is 11.2 Å². The summed E-state index contributed by atoms with van der Waals surface area (Å²) < 4.78 is 27.3. The Morgan fingerprint density at radius 3 is 2.44 bits per heavy atom. The highest BCUT2D eigenvalue weighted by atomic mass is 35.5. The number of ketones is 1. The van der Waals surface area contributed by atoms with Crippen LogP contribution in [0.1, 0.15) is 20.8 Å². The van der Waals surface area contributed by atoms with Crippen molar-refractivity contribution in [1.29, 1.82) is 0 Å².